The molecule has 0 aliphatic rings. The van der Waals surface area contributed by atoms with Crippen molar-refractivity contribution in [1.29, 1.82) is 0 Å². The Kier molecular flexibility index (Phi) is 5.81. The first-order valence-corrected chi connectivity index (χ1v) is 4.54. The van der Waals surface area contributed by atoms with E-state index in [4.69, 9.17) is 5.73 Å². The van der Waals surface area contributed by atoms with Crippen LogP contribution in [0, 0.1) is 0 Å². The summed E-state index contributed by atoms with van der Waals surface area (Å²) in [5.74, 6) is 0.0913. The molecule has 1 rings (SSSR count). The smallest absolute Gasteiger partial charge is 0.159 e. The minimum absolute atomic E-state index is 0. The summed E-state index contributed by atoms with van der Waals surface area (Å²) in [5.41, 5.74) is 7.18. The van der Waals surface area contributed by atoms with E-state index in [1.807, 2.05) is 26.0 Å². The summed E-state index contributed by atoms with van der Waals surface area (Å²) >= 11 is 0. The van der Waals surface area contributed by atoms with Crippen LogP contribution in [0.1, 0.15) is 38.1 Å². The van der Waals surface area contributed by atoms with Gasteiger partial charge in [-0.2, -0.15) is 0 Å². The molecule has 13 heavy (non-hydrogen) atoms. The summed E-state index contributed by atoms with van der Waals surface area (Å²) in [7, 11) is 0. The maximum absolute atomic E-state index is 10.8. The lowest BCUT2D eigenvalue weighted by Crippen LogP contribution is -1.97. The van der Waals surface area contributed by atoms with Crippen LogP contribution in [-0.4, -0.2) is 5.78 Å². The monoisotopic (exact) mass is 181 g/mol. The molecule has 0 unspecified atom stereocenters. The van der Waals surface area contributed by atoms with E-state index in [9.17, 15) is 4.79 Å². The van der Waals surface area contributed by atoms with Crippen molar-refractivity contribution in [3.05, 3.63) is 35.4 Å². The zero-order valence-electron chi connectivity index (χ0n) is 8.50. The van der Waals surface area contributed by atoms with Gasteiger partial charge < -0.3 is 5.73 Å². The van der Waals surface area contributed by atoms with Crippen molar-refractivity contribution in [1.82, 2.24) is 0 Å². The van der Waals surface area contributed by atoms with Crippen molar-refractivity contribution in [2.24, 2.45) is 5.73 Å². The van der Waals surface area contributed by atoms with Crippen molar-refractivity contribution in [2.75, 3.05) is 0 Å². The average molecular weight is 181 g/mol. The van der Waals surface area contributed by atoms with Gasteiger partial charge in [0.1, 0.15) is 0 Å². The van der Waals surface area contributed by atoms with Crippen LogP contribution in [0.4, 0.5) is 0 Å². The number of carbonyl (C=O) groups excluding carboxylic acids is 1. The second kappa shape index (κ2) is 6.38. The topological polar surface area (TPSA) is 43.1 Å². The van der Waals surface area contributed by atoms with Gasteiger partial charge in [-0.15, -0.1) is 0 Å². The second-order valence-corrected chi connectivity index (χ2v) is 2.46. The predicted molar refractivity (Wildman–Crippen MR) is 57.8 cm³/mol. The molecule has 0 heterocycles. The van der Waals surface area contributed by atoms with Gasteiger partial charge >= 0.3 is 0 Å². The molecule has 0 bridgehead atoms. The summed E-state index contributed by atoms with van der Waals surface area (Å²) in [5, 5.41) is 0. The van der Waals surface area contributed by atoms with Crippen molar-refractivity contribution in [3.63, 3.8) is 0 Å². The van der Waals surface area contributed by atoms with E-state index in [2.05, 4.69) is 0 Å². The molecule has 1 aromatic carbocycles. The highest BCUT2D eigenvalue weighted by molar-refractivity contribution is 5.93. The molecule has 0 fully saturated rings. The van der Waals surface area contributed by atoms with E-state index in [1.165, 1.54) is 0 Å². The SMILES string of the molecule is CC.CC(=O)c1ccc(CN)cc1.[HH]. The zero-order chi connectivity index (χ0) is 10.3. The largest absolute Gasteiger partial charge is 0.326 e. The van der Waals surface area contributed by atoms with Crippen LogP contribution in [0.25, 0.3) is 0 Å². The van der Waals surface area contributed by atoms with Crippen molar-refractivity contribution in [2.45, 2.75) is 27.3 Å². The quantitative estimate of drug-likeness (QED) is 0.713. The third kappa shape index (κ3) is 3.85. The van der Waals surface area contributed by atoms with Gasteiger partial charge in [0.25, 0.3) is 0 Å². The standard InChI is InChI=1S/C9H11NO.C2H6.H2/c1-7(11)9-4-2-8(6-10)3-5-9;1-2;/h2-5H,6,10H2,1H3;1-2H3;1H. The fourth-order valence-corrected chi connectivity index (χ4v) is 0.876. The van der Waals surface area contributed by atoms with Gasteiger partial charge in [0.2, 0.25) is 0 Å². The minimum atomic E-state index is 0. The van der Waals surface area contributed by atoms with E-state index in [0.29, 0.717) is 6.54 Å². The predicted octanol–water partition coefficient (Wildman–Crippen LogP) is 2.62. The molecule has 2 heteroatoms. The molecule has 0 radical (unpaired) electrons. The van der Waals surface area contributed by atoms with E-state index in [-0.39, 0.29) is 7.21 Å². The molecule has 0 aromatic heterocycles. The summed E-state index contributed by atoms with van der Waals surface area (Å²) < 4.78 is 0. The Bertz CT molecular complexity index is 256. The molecule has 0 atom stereocenters. The molecular weight excluding hydrogens is 162 g/mol. The molecule has 0 aliphatic carbocycles. The van der Waals surface area contributed by atoms with Gasteiger partial charge in [0.15, 0.2) is 5.78 Å². The molecule has 74 valence electrons. The number of hydrogen-bond acceptors (Lipinski definition) is 2. The van der Waals surface area contributed by atoms with Crippen molar-refractivity contribution >= 4 is 5.78 Å². The van der Waals surface area contributed by atoms with E-state index >= 15 is 0 Å². The third-order valence-corrected chi connectivity index (χ3v) is 1.60. The molecule has 2 nitrogen and oxygen atoms in total. The lowest BCUT2D eigenvalue weighted by atomic mass is 10.1. The molecule has 1 aromatic rings. The van der Waals surface area contributed by atoms with Gasteiger partial charge in [-0.1, -0.05) is 38.1 Å². The molecule has 0 aliphatic heterocycles. The van der Waals surface area contributed by atoms with Crippen molar-refractivity contribution < 1.29 is 6.22 Å². The van der Waals surface area contributed by atoms with Crippen molar-refractivity contribution in [3.8, 4) is 0 Å². The maximum atomic E-state index is 10.8. The van der Waals surface area contributed by atoms with E-state index in [0.717, 1.165) is 11.1 Å². The van der Waals surface area contributed by atoms with Gasteiger partial charge in [0.05, 0.1) is 0 Å². The van der Waals surface area contributed by atoms with Gasteiger partial charge in [-0.05, 0) is 12.5 Å². The molecule has 0 amide bonds. The first kappa shape index (κ1) is 11.8. The van der Waals surface area contributed by atoms with Crippen LogP contribution in [0.15, 0.2) is 24.3 Å². The number of nitrogens with two attached hydrogens (primary N) is 1. The van der Waals surface area contributed by atoms with Gasteiger partial charge in [-0.25, -0.2) is 0 Å². The fraction of sp³-hybridized carbons (Fsp3) is 0.364. The number of benzene rings is 1. The molecule has 0 saturated carbocycles. The minimum Gasteiger partial charge on any atom is -0.326 e. The van der Waals surface area contributed by atoms with E-state index in [1.54, 1.807) is 19.1 Å². The molecule has 0 spiro atoms. The summed E-state index contributed by atoms with van der Waals surface area (Å²) in [6, 6.07) is 7.34. The Morgan fingerprint density at radius 3 is 2.08 bits per heavy atom. The Morgan fingerprint density at radius 1 is 1.31 bits per heavy atom. The summed E-state index contributed by atoms with van der Waals surface area (Å²) in [6.45, 7) is 6.08. The molecule has 0 saturated heterocycles. The van der Waals surface area contributed by atoms with Crippen LogP contribution in [0.3, 0.4) is 0 Å². The van der Waals surface area contributed by atoms with Gasteiger partial charge in [0, 0.05) is 13.5 Å². The van der Waals surface area contributed by atoms with Gasteiger partial charge in [-0.3, -0.25) is 4.79 Å². The number of ketones is 1. The number of carbonyl (C=O) groups is 1. The number of rotatable bonds is 2. The Hall–Kier alpha value is -1.15. The van der Waals surface area contributed by atoms with E-state index < -0.39 is 0 Å². The molecular formula is C11H19NO. The van der Waals surface area contributed by atoms with Crippen LogP contribution in [0.5, 0.6) is 0 Å². The lowest BCUT2D eigenvalue weighted by molar-refractivity contribution is 0.101. The zero-order valence-corrected chi connectivity index (χ0v) is 8.50. The normalized spacial score (nSPS) is 8.62. The highest BCUT2D eigenvalue weighted by atomic mass is 16.1. The highest BCUT2D eigenvalue weighted by Crippen LogP contribution is 2.03. The second-order valence-electron chi connectivity index (χ2n) is 2.46. The van der Waals surface area contributed by atoms with Crippen LogP contribution in [0.2, 0.25) is 0 Å². The third-order valence-electron chi connectivity index (χ3n) is 1.60. The fourth-order valence-electron chi connectivity index (χ4n) is 0.876. The Balaban J connectivity index is 0. The number of hydrogen-bond donors (Lipinski definition) is 1. The summed E-state index contributed by atoms with van der Waals surface area (Å²) in [6.07, 6.45) is 0. The Morgan fingerprint density at radius 2 is 1.77 bits per heavy atom. The number of Topliss-reactive ketones (excluding diaryl/α,β-unsaturated/α-hetero) is 1. The van der Waals surface area contributed by atoms with Crippen LogP contribution >= 0.6 is 0 Å². The van der Waals surface area contributed by atoms with Crippen LogP contribution in [-0.2, 0) is 6.54 Å². The first-order chi connectivity index (χ1) is 6.24. The maximum Gasteiger partial charge on any atom is 0.159 e. The molecule has 2 N–H and O–H groups in total. The Labute approximate surface area is 81.2 Å². The highest BCUT2D eigenvalue weighted by Gasteiger charge is 1.96. The first-order valence-electron chi connectivity index (χ1n) is 4.54. The lowest BCUT2D eigenvalue weighted by Gasteiger charge is -1.97. The summed E-state index contributed by atoms with van der Waals surface area (Å²) in [4.78, 5) is 10.8. The average Bonchev–Trinajstić information content (AvgIpc) is 2.21. The van der Waals surface area contributed by atoms with Crippen LogP contribution < -0.4 is 5.73 Å².